The first kappa shape index (κ1) is 22.1. The molecular formula is C22H29ClN2O3. The Morgan fingerprint density at radius 2 is 1.75 bits per heavy atom. The van der Waals surface area contributed by atoms with Crippen molar-refractivity contribution >= 4 is 17.5 Å². The maximum Gasteiger partial charge on any atom is 0.224 e. The third-order valence-electron chi connectivity index (χ3n) is 4.82. The molecular weight excluding hydrogens is 376 g/mol. The number of amides is 1. The molecule has 1 amide bonds. The number of nitrogens with one attached hydrogen (secondary N) is 1. The van der Waals surface area contributed by atoms with Gasteiger partial charge >= 0.3 is 0 Å². The summed E-state index contributed by atoms with van der Waals surface area (Å²) in [5.74, 6) is 1.22. The van der Waals surface area contributed by atoms with Crippen molar-refractivity contribution in [3.63, 3.8) is 0 Å². The van der Waals surface area contributed by atoms with Crippen molar-refractivity contribution in [3.05, 3.63) is 58.6 Å². The van der Waals surface area contributed by atoms with Crippen molar-refractivity contribution < 1.29 is 14.3 Å². The van der Waals surface area contributed by atoms with E-state index in [0.717, 1.165) is 24.2 Å². The van der Waals surface area contributed by atoms with Gasteiger partial charge in [0.15, 0.2) is 11.5 Å². The summed E-state index contributed by atoms with van der Waals surface area (Å²) in [5, 5.41) is 3.78. The molecule has 2 aromatic rings. The van der Waals surface area contributed by atoms with Crippen LogP contribution in [0.15, 0.2) is 42.5 Å². The van der Waals surface area contributed by atoms with Crippen molar-refractivity contribution in [3.8, 4) is 11.5 Å². The lowest BCUT2D eigenvalue weighted by molar-refractivity contribution is -0.120. The van der Waals surface area contributed by atoms with Crippen molar-refractivity contribution in [2.24, 2.45) is 0 Å². The fourth-order valence-corrected chi connectivity index (χ4v) is 3.56. The molecule has 1 unspecified atom stereocenters. The molecule has 0 fully saturated rings. The first-order chi connectivity index (χ1) is 13.5. The predicted octanol–water partition coefficient (Wildman–Crippen LogP) is 4.10. The molecule has 28 heavy (non-hydrogen) atoms. The fraction of sp³-hybridized carbons (Fsp3) is 0.409. The normalized spacial score (nSPS) is 11.9. The van der Waals surface area contributed by atoms with E-state index in [4.69, 9.17) is 21.1 Å². The number of methoxy groups -OCH3 is 2. The third kappa shape index (κ3) is 5.63. The molecule has 5 nitrogen and oxygen atoms in total. The van der Waals surface area contributed by atoms with Crippen LogP contribution in [0.3, 0.4) is 0 Å². The SMILES string of the molecule is CCN(CC)C(CNC(=O)Cc1ccc(OC)c(OC)c1)c1ccccc1Cl. The number of hydrogen-bond acceptors (Lipinski definition) is 4. The van der Waals surface area contributed by atoms with E-state index in [0.29, 0.717) is 23.1 Å². The average Bonchev–Trinajstić information content (AvgIpc) is 2.71. The van der Waals surface area contributed by atoms with E-state index in [1.165, 1.54) is 0 Å². The standard InChI is InChI=1S/C22H29ClN2O3/c1-5-25(6-2)19(17-9-7-8-10-18(17)23)15-24-22(26)14-16-11-12-20(27-3)21(13-16)28-4/h7-13,19H,5-6,14-15H2,1-4H3,(H,24,26). The van der Waals surface area contributed by atoms with Gasteiger partial charge in [0.05, 0.1) is 26.7 Å². The summed E-state index contributed by atoms with van der Waals surface area (Å²) in [6.45, 7) is 6.46. The van der Waals surface area contributed by atoms with Gasteiger partial charge in [0.2, 0.25) is 5.91 Å². The first-order valence-corrected chi connectivity index (χ1v) is 9.87. The van der Waals surface area contributed by atoms with Gasteiger partial charge in [-0.05, 0) is 42.4 Å². The van der Waals surface area contributed by atoms with Gasteiger partial charge in [0.1, 0.15) is 0 Å². The number of carbonyl (C=O) groups is 1. The molecule has 1 atom stereocenters. The molecule has 0 radical (unpaired) electrons. The van der Waals surface area contributed by atoms with Crippen LogP contribution in [0.4, 0.5) is 0 Å². The van der Waals surface area contributed by atoms with Gasteiger partial charge < -0.3 is 14.8 Å². The zero-order valence-electron chi connectivity index (χ0n) is 17.0. The molecule has 0 aliphatic rings. The summed E-state index contributed by atoms with van der Waals surface area (Å²) >= 11 is 6.42. The number of hydrogen-bond donors (Lipinski definition) is 1. The van der Waals surface area contributed by atoms with Gasteiger partial charge in [-0.2, -0.15) is 0 Å². The van der Waals surface area contributed by atoms with Crippen LogP contribution in [0.1, 0.15) is 31.0 Å². The zero-order valence-corrected chi connectivity index (χ0v) is 17.8. The number of carbonyl (C=O) groups excluding carboxylic acids is 1. The molecule has 152 valence electrons. The van der Waals surface area contributed by atoms with Gasteiger partial charge in [-0.15, -0.1) is 0 Å². The predicted molar refractivity (Wildman–Crippen MR) is 113 cm³/mol. The molecule has 0 saturated carbocycles. The lowest BCUT2D eigenvalue weighted by Gasteiger charge is -2.31. The van der Waals surface area contributed by atoms with E-state index in [1.807, 2.05) is 42.5 Å². The second-order valence-electron chi connectivity index (χ2n) is 6.43. The average molecular weight is 405 g/mol. The fourth-order valence-electron chi connectivity index (χ4n) is 3.29. The van der Waals surface area contributed by atoms with Gasteiger partial charge in [0.25, 0.3) is 0 Å². The van der Waals surface area contributed by atoms with Gasteiger partial charge in [-0.1, -0.05) is 49.7 Å². The summed E-state index contributed by atoms with van der Waals surface area (Å²) in [4.78, 5) is 14.8. The van der Waals surface area contributed by atoms with Crippen LogP contribution in [0.2, 0.25) is 5.02 Å². The van der Waals surface area contributed by atoms with Crippen molar-refractivity contribution in [2.45, 2.75) is 26.3 Å². The Morgan fingerprint density at radius 1 is 1.07 bits per heavy atom. The molecule has 6 heteroatoms. The largest absolute Gasteiger partial charge is 0.493 e. The highest BCUT2D eigenvalue weighted by Crippen LogP contribution is 2.28. The molecule has 0 aliphatic carbocycles. The Kier molecular flexibility index (Phi) is 8.61. The second kappa shape index (κ2) is 10.9. The smallest absolute Gasteiger partial charge is 0.224 e. The maximum atomic E-state index is 12.6. The van der Waals surface area contributed by atoms with Crippen LogP contribution in [0.5, 0.6) is 11.5 Å². The van der Waals surface area contributed by atoms with E-state index in [-0.39, 0.29) is 18.4 Å². The summed E-state index contributed by atoms with van der Waals surface area (Å²) in [5.41, 5.74) is 1.89. The molecule has 0 saturated heterocycles. The van der Waals surface area contributed by atoms with Crippen LogP contribution in [-0.2, 0) is 11.2 Å². The lowest BCUT2D eigenvalue weighted by atomic mass is 10.0. The van der Waals surface area contributed by atoms with Crippen LogP contribution < -0.4 is 14.8 Å². The van der Waals surface area contributed by atoms with Crippen LogP contribution in [0, 0.1) is 0 Å². The Balaban J connectivity index is 2.08. The monoisotopic (exact) mass is 404 g/mol. The number of ether oxygens (including phenoxy) is 2. The van der Waals surface area contributed by atoms with E-state index < -0.39 is 0 Å². The van der Waals surface area contributed by atoms with E-state index in [1.54, 1.807) is 14.2 Å². The number of likely N-dealkylation sites (N-methyl/N-ethyl adjacent to an activating group) is 1. The molecule has 2 rings (SSSR count). The molecule has 0 heterocycles. The second-order valence-corrected chi connectivity index (χ2v) is 6.84. The minimum Gasteiger partial charge on any atom is -0.493 e. The van der Waals surface area contributed by atoms with Gasteiger partial charge in [-0.25, -0.2) is 0 Å². The molecule has 0 aliphatic heterocycles. The van der Waals surface area contributed by atoms with Crippen molar-refractivity contribution in [2.75, 3.05) is 33.9 Å². The summed E-state index contributed by atoms with van der Waals surface area (Å²) in [6, 6.07) is 13.3. The maximum absolute atomic E-state index is 12.6. The zero-order chi connectivity index (χ0) is 20.5. The lowest BCUT2D eigenvalue weighted by Crippen LogP contribution is -2.38. The van der Waals surface area contributed by atoms with E-state index in [9.17, 15) is 4.79 Å². The number of rotatable bonds is 10. The van der Waals surface area contributed by atoms with Gasteiger partial charge in [-0.3, -0.25) is 9.69 Å². The highest BCUT2D eigenvalue weighted by Gasteiger charge is 2.21. The number of benzene rings is 2. The van der Waals surface area contributed by atoms with Crippen molar-refractivity contribution in [1.29, 1.82) is 0 Å². The minimum absolute atomic E-state index is 0.0260. The first-order valence-electron chi connectivity index (χ1n) is 9.50. The highest BCUT2D eigenvalue weighted by molar-refractivity contribution is 6.31. The van der Waals surface area contributed by atoms with Crippen LogP contribution in [-0.4, -0.2) is 44.7 Å². The molecule has 0 bridgehead atoms. The summed E-state index contributed by atoms with van der Waals surface area (Å²) < 4.78 is 10.6. The van der Waals surface area contributed by atoms with Crippen molar-refractivity contribution in [1.82, 2.24) is 10.2 Å². The minimum atomic E-state index is -0.0450. The van der Waals surface area contributed by atoms with Gasteiger partial charge in [0, 0.05) is 11.6 Å². The summed E-state index contributed by atoms with van der Waals surface area (Å²) in [6.07, 6.45) is 0.272. The summed E-state index contributed by atoms with van der Waals surface area (Å²) in [7, 11) is 3.17. The Labute approximate surface area is 172 Å². The van der Waals surface area contributed by atoms with Crippen LogP contribution >= 0.6 is 11.6 Å². The number of nitrogens with zero attached hydrogens (tertiary/aromatic N) is 1. The Hall–Kier alpha value is -2.24. The topological polar surface area (TPSA) is 50.8 Å². The van der Waals surface area contributed by atoms with E-state index in [2.05, 4.69) is 24.1 Å². The molecule has 1 N–H and O–H groups in total. The third-order valence-corrected chi connectivity index (χ3v) is 5.17. The van der Waals surface area contributed by atoms with Crippen LogP contribution in [0.25, 0.3) is 0 Å². The quantitative estimate of drug-likeness (QED) is 0.647. The number of halogens is 1. The molecule has 0 aromatic heterocycles. The highest BCUT2D eigenvalue weighted by atomic mass is 35.5. The molecule has 2 aromatic carbocycles. The Morgan fingerprint density at radius 3 is 2.36 bits per heavy atom. The molecule has 0 spiro atoms. The van der Waals surface area contributed by atoms with E-state index >= 15 is 0 Å². The Bertz CT molecular complexity index is 778.